The van der Waals surface area contributed by atoms with Gasteiger partial charge in [0.2, 0.25) is 0 Å². The van der Waals surface area contributed by atoms with Crippen LogP contribution < -0.4 is 15.5 Å². The molecule has 2 aromatic rings. The molecule has 7 heteroatoms. The molecular weight excluding hydrogens is 326 g/mol. The fraction of sp³-hybridized carbons (Fsp3) is 0.526. The number of anilines is 1. The first-order valence-electron chi connectivity index (χ1n) is 9.42. The summed E-state index contributed by atoms with van der Waals surface area (Å²) in [5.41, 5.74) is 2.59. The van der Waals surface area contributed by atoms with Crippen LogP contribution in [0.1, 0.15) is 31.7 Å². The van der Waals surface area contributed by atoms with Crippen LogP contribution in [0.25, 0.3) is 0 Å². The molecule has 0 saturated carbocycles. The van der Waals surface area contributed by atoms with Crippen LogP contribution in [0, 0.1) is 6.92 Å². The van der Waals surface area contributed by atoms with E-state index < -0.39 is 0 Å². The number of nitrogens with one attached hydrogen (secondary N) is 2. The molecule has 140 valence electrons. The minimum atomic E-state index is 0.387. The molecule has 1 atom stereocenters. The molecule has 2 heterocycles. The molecule has 0 amide bonds. The van der Waals surface area contributed by atoms with Crippen LogP contribution in [-0.2, 0) is 13.1 Å². The van der Waals surface area contributed by atoms with Gasteiger partial charge in [-0.3, -0.25) is 0 Å². The summed E-state index contributed by atoms with van der Waals surface area (Å²) >= 11 is 0. The molecule has 0 bridgehead atoms. The lowest BCUT2D eigenvalue weighted by atomic mass is 10.2. The van der Waals surface area contributed by atoms with E-state index in [4.69, 9.17) is 0 Å². The maximum atomic E-state index is 4.69. The van der Waals surface area contributed by atoms with Crippen molar-refractivity contribution in [1.29, 1.82) is 0 Å². The fourth-order valence-electron chi connectivity index (χ4n) is 3.20. The molecule has 1 aliphatic rings. The van der Waals surface area contributed by atoms with E-state index in [0.717, 1.165) is 44.4 Å². The number of aromatic nitrogens is 3. The topological polar surface area (TPSA) is 70.4 Å². The Kier molecular flexibility index (Phi) is 6.09. The molecule has 0 radical (unpaired) electrons. The van der Waals surface area contributed by atoms with Gasteiger partial charge in [0.05, 0.1) is 0 Å². The second-order valence-corrected chi connectivity index (χ2v) is 6.64. The molecule has 1 aromatic heterocycles. The van der Waals surface area contributed by atoms with Gasteiger partial charge in [0.15, 0.2) is 11.8 Å². The number of hydrogen-bond acceptors (Lipinski definition) is 4. The summed E-state index contributed by atoms with van der Waals surface area (Å²) in [6.45, 7) is 10.5. The number of aryl methyl sites for hydroxylation is 2. The lowest BCUT2D eigenvalue weighted by molar-refractivity contribution is 0.644. The van der Waals surface area contributed by atoms with Crippen LogP contribution in [-0.4, -0.2) is 46.4 Å². The number of nitrogens with zero attached hydrogens (tertiary/aromatic N) is 5. The van der Waals surface area contributed by atoms with Crippen molar-refractivity contribution in [3.05, 3.63) is 42.0 Å². The van der Waals surface area contributed by atoms with Crippen LogP contribution >= 0.6 is 0 Å². The van der Waals surface area contributed by atoms with Crippen molar-refractivity contribution in [2.75, 3.05) is 24.5 Å². The largest absolute Gasteiger partial charge is 0.369 e. The summed E-state index contributed by atoms with van der Waals surface area (Å²) in [6, 6.07) is 9.14. The third-order valence-electron chi connectivity index (χ3n) is 4.69. The monoisotopic (exact) mass is 355 g/mol. The van der Waals surface area contributed by atoms with Crippen molar-refractivity contribution in [1.82, 2.24) is 25.4 Å². The lowest BCUT2D eigenvalue weighted by Crippen LogP contribution is -2.44. The summed E-state index contributed by atoms with van der Waals surface area (Å²) in [7, 11) is 0. The van der Waals surface area contributed by atoms with E-state index in [1.54, 1.807) is 6.33 Å². The van der Waals surface area contributed by atoms with Gasteiger partial charge in [0.25, 0.3) is 0 Å². The molecule has 1 saturated heterocycles. The Morgan fingerprint density at radius 2 is 2.08 bits per heavy atom. The van der Waals surface area contributed by atoms with Crippen molar-refractivity contribution < 1.29 is 0 Å². The minimum Gasteiger partial charge on any atom is -0.369 e. The standard InChI is InChI=1S/C19H29N7/c1-4-20-19(21-12-18-24-22-14-25(18)5-2)23-16-10-11-26(13-16)17-8-6-15(3)7-9-17/h6-9,14,16H,4-5,10-13H2,1-3H3,(H2,20,21,23). The molecular formula is C19H29N7. The molecule has 1 unspecified atom stereocenters. The summed E-state index contributed by atoms with van der Waals surface area (Å²) in [4.78, 5) is 7.11. The number of hydrogen-bond donors (Lipinski definition) is 2. The van der Waals surface area contributed by atoms with Crippen LogP contribution in [0.15, 0.2) is 35.6 Å². The number of benzene rings is 1. The zero-order valence-corrected chi connectivity index (χ0v) is 15.9. The molecule has 1 aromatic carbocycles. The highest BCUT2D eigenvalue weighted by molar-refractivity contribution is 5.80. The highest BCUT2D eigenvalue weighted by atomic mass is 15.3. The maximum absolute atomic E-state index is 4.69. The Hall–Kier alpha value is -2.57. The lowest BCUT2D eigenvalue weighted by Gasteiger charge is -2.20. The van der Waals surface area contributed by atoms with Crippen LogP contribution in [0.2, 0.25) is 0 Å². The summed E-state index contributed by atoms with van der Waals surface area (Å²) in [5.74, 6) is 1.73. The average molecular weight is 355 g/mol. The first-order chi connectivity index (χ1) is 12.7. The van der Waals surface area contributed by atoms with E-state index in [-0.39, 0.29) is 0 Å². The van der Waals surface area contributed by atoms with E-state index >= 15 is 0 Å². The molecule has 0 aliphatic carbocycles. The van der Waals surface area contributed by atoms with E-state index in [1.807, 2.05) is 4.57 Å². The van der Waals surface area contributed by atoms with Gasteiger partial charge in [-0.05, 0) is 39.3 Å². The van der Waals surface area contributed by atoms with Gasteiger partial charge in [-0.2, -0.15) is 0 Å². The van der Waals surface area contributed by atoms with E-state index in [9.17, 15) is 0 Å². The summed E-state index contributed by atoms with van der Waals surface area (Å²) in [6.07, 6.45) is 2.85. The number of guanidine groups is 1. The van der Waals surface area contributed by atoms with Crippen molar-refractivity contribution in [2.45, 2.75) is 46.3 Å². The second kappa shape index (κ2) is 8.69. The molecule has 0 spiro atoms. The quantitative estimate of drug-likeness (QED) is 0.612. The van der Waals surface area contributed by atoms with Crippen LogP contribution in [0.4, 0.5) is 5.69 Å². The smallest absolute Gasteiger partial charge is 0.191 e. The third kappa shape index (κ3) is 4.53. The zero-order chi connectivity index (χ0) is 18.4. The van der Waals surface area contributed by atoms with Crippen LogP contribution in [0.3, 0.4) is 0 Å². The Labute approximate surface area is 155 Å². The van der Waals surface area contributed by atoms with Crippen molar-refractivity contribution in [3.8, 4) is 0 Å². The van der Waals surface area contributed by atoms with E-state index in [1.165, 1.54) is 11.3 Å². The Bertz CT molecular complexity index is 720. The van der Waals surface area contributed by atoms with Gasteiger partial charge >= 0.3 is 0 Å². The predicted octanol–water partition coefficient (Wildman–Crippen LogP) is 1.94. The average Bonchev–Trinajstić information content (AvgIpc) is 3.29. The minimum absolute atomic E-state index is 0.387. The van der Waals surface area contributed by atoms with Crippen molar-refractivity contribution >= 4 is 11.6 Å². The molecule has 1 aliphatic heterocycles. The van der Waals surface area contributed by atoms with E-state index in [2.05, 4.69) is 75.8 Å². The fourth-order valence-corrected chi connectivity index (χ4v) is 3.20. The van der Waals surface area contributed by atoms with Gasteiger partial charge in [0.1, 0.15) is 12.9 Å². The predicted molar refractivity (Wildman–Crippen MR) is 105 cm³/mol. The normalized spacial score (nSPS) is 17.6. The van der Waals surface area contributed by atoms with Gasteiger partial charge in [-0.1, -0.05) is 17.7 Å². The third-order valence-corrected chi connectivity index (χ3v) is 4.69. The summed E-state index contributed by atoms with van der Waals surface area (Å²) in [5, 5.41) is 15.0. The molecule has 2 N–H and O–H groups in total. The first-order valence-corrected chi connectivity index (χ1v) is 9.42. The van der Waals surface area contributed by atoms with Gasteiger partial charge < -0.3 is 20.1 Å². The first kappa shape index (κ1) is 18.2. The Morgan fingerprint density at radius 3 is 2.81 bits per heavy atom. The van der Waals surface area contributed by atoms with Gasteiger partial charge in [0, 0.05) is 37.9 Å². The molecule has 3 rings (SSSR count). The maximum Gasteiger partial charge on any atom is 0.191 e. The second-order valence-electron chi connectivity index (χ2n) is 6.64. The summed E-state index contributed by atoms with van der Waals surface area (Å²) < 4.78 is 2.02. The zero-order valence-electron chi connectivity index (χ0n) is 15.9. The molecule has 26 heavy (non-hydrogen) atoms. The van der Waals surface area contributed by atoms with Crippen LogP contribution in [0.5, 0.6) is 0 Å². The van der Waals surface area contributed by atoms with E-state index in [0.29, 0.717) is 12.6 Å². The SMILES string of the molecule is CCNC(=NCc1nncn1CC)NC1CCN(c2ccc(C)cc2)C1. The highest BCUT2D eigenvalue weighted by Gasteiger charge is 2.23. The highest BCUT2D eigenvalue weighted by Crippen LogP contribution is 2.20. The Morgan fingerprint density at radius 1 is 1.27 bits per heavy atom. The van der Waals surface area contributed by atoms with Crippen molar-refractivity contribution in [2.24, 2.45) is 4.99 Å². The Balaban J connectivity index is 1.59. The number of rotatable bonds is 6. The molecule has 7 nitrogen and oxygen atoms in total. The molecule has 1 fully saturated rings. The van der Waals surface area contributed by atoms with Gasteiger partial charge in [-0.25, -0.2) is 4.99 Å². The van der Waals surface area contributed by atoms with Crippen molar-refractivity contribution in [3.63, 3.8) is 0 Å². The van der Waals surface area contributed by atoms with Gasteiger partial charge in [-0.15, -0.1) is 10.2 Å². The number of aliphatic imine (C=N–C) groups is 1.